The molecule has 4 rings (SSSR count). The highest BCUT2D eigenvalue weighted by Crippen LogP contribution is 2.33. The number of fused-ring (bicyclic) bond motifs is 1. The summed E-state index contributed by atoms with van der Waals surface area (Å²) in [6.45, 7) is 1.92. The Balaban J connectivity index is 1.53. The van der Waals surface area contributed by atoms with E-state index in [0.29, 0.717) is 22.7 Å². The van der Waals surface area contributed by atoms with Crippen molar-refractivity contribution < 1.29 is 19.1 Å². The molecule has 1 aliphatic heterocycles. The summed E-state index contributed by atoms with van der Waals surface area (Å²) < 4.78 is 11.1. The van der Waals surface area contributed by atoms with Crippen molar-refractivity contribution >= 4 is 23.6 Å². The van der Waals surface area contributed by atoms with Crippen LogP contribution >= 0.6 is 0 Å². The first-order chi connectivity index (χ1) is 15.0. The van der Waals surface area contributed by atoms with Gasteiger partial charge in [0.2, 0.25) is 0 Å². The zero-order valence-electron chi connectivity index (χ0n) is 17.2. The topological polar surface area (TPSA) is 76.7 Å². The van der Waals surface area contributed by atoms with Gasteiger partial charge in [-0.1, -0.05) is 48.5 Å². The van der Waals surface area contributed by atoms with Crippen LogP contribution in [0.5, 0.6) is 11.5 Å². The lowest BCUT2D eigenvalue weighted by atomic mass is 10.1. The van der Waals surface area contributed by atoms with Crippen LogP contribution in [0.1, 0.15) is 34.5 Å². The average Bonchev–Trinajstić information content (AvgIpc) is 2.80. The molecule has 2 N–H and O–H groups in total. The molecule has 1 aliphatic rings. The molecule has 0 fully saturated rings. The Morgan fingerprint density at radius 2 is 1.81 bits per heavy atom. The van der Waals surface area contributed by atoms with Crippen LogP contribution in [0.25, 0.3) is 6.08 Å². The molecule has 156 valence electrons. The molecule has 31 heavy (non-hydrogen) atoms. The minimum atomic E-state index is -0.395. The highest BCUT2D eigenvalue weighted by molar-refractivity contribution is 6.09. The van der Waals surface area contributed by atoms with E-state index in [0.717, 1.165) is 11.1 Å². The zero-order valence-corrected chi connectivity index (χ0v) is 17.2. The van der Waals surface area contributed by atoms with Gasteiger partial charge in [0.25, 0.3) is 11.8 Å². The van der Waals surface area contributed by atoms with Crippen LogP contribution < -0.4 is 20.1 Å². The fourth-order valence-corrected chi connectivity index (χ4v) is 3.33. The lowest BCUT2D eigenvalue weighted by Crippen LogP contribution is -2.27. The largest absolute Gasteiger partial charge is 0.496 e. The van der Waals surface area contributed by atoms with Crippen molar-refractivity contribution in [1.82, 2.24) is 5.32 Å². The van der Waals surface area contributed by atoms with E-state index in [1.807, 2.05) is 61.5 Å². The molecular weight excluding hydrogens is 392 g/mol. The van der Waals surface area contributed by atoms with Gasteiger partial charge in [-0.15, -0.1) is 0 Å². The molecule has 0 aromatic heterocycles. The number of benzene rings is 3. The summed E-state index contributed by atoms with van der Waals surface area (Å²) >= 11 is 0. The van der Waals surface area contributed by atoms with Crippen LogP contribution in [-0.4, -0.2) is 18.9 Å². The molecule has 0 saturated carbocycles. The number of methoxy groups -OCH3 is 1. The summed E-state index contributed by atoms with van der Waals surface area (Å²) in [6, 6.07) is 21.9. The number of rotatable bonds is 5. The molecule has 0 bridgehead atoms. The Morgan fingerprint density at radius 1 is 1.06 bits per heavy atom. The van der Waals surface area contributed by atoms with E-state index in [2.05, 4.69) is 10.6 Å². The second-order valence-corrected chi connectivity index (χ2v) is 7.12. The van der Waals surface area contributed by atoms with Gasteiger partial charge >= 0.3 is 0 Å². The Morgan fingerprint density at radius 3 is 2.58 bits per heavy atom. The molecule has 2 amide bonds. The highest BCUT2D eigenvalue weighted by atomic mass is 16.5. The number of hydrogen-bond donors (Lipinski definition) is 2. The first-order valence-electron chi connectivity index (χ1n) is 9.89. The fraction of sp³-hybridized carbons (Fsp3) is 0.120. The number of nitrogens with one attached hydrogen (secondary N) is 2. The van der Waals surface area contributed by atoms with Gasteiger partial charge in [-0.25, -0.2) is 0 Å². The number of para-hydroxylation sites is 1. The van der Waals surface area contributed by atoms with Crippen LogP contribution in [0.4, 0.5) is 5.69 Å². The summed E-state index contributed by atoms with van der Waals surface area (Å²) in [5.41, 5.74) is 2.62. The van der Waals surface area contributed by atoms with E-state index in [9.17, 15) is 9.59 Å². The third-order valence-corrected chi connectivity index (χ3v) is 5.01. The normalized spacial score (nSPS) is 14.8. The predicted octanol–water partition coefficient (Wildman–Crippen LogP) is 4.56. The smallest absolute Gasteiger partial charge is 0.291 e. The number of ether oxygens (including phenoxy) is 2. The SMILES string of the molecule is COc1ccccc1C=C1Oc2ccc(C(=O)NC(C)c3ccccc3)cc2NC1=O. The molecule has 1 atom stereocenters. The third kappa shape index (κ3) is 4.43. The predicted molar refractivity (Wildman–Crippen MR) is 119 cm³/mol. The highest BCUT2D eigenvalue weighted by Gasteiger charge is 2.24. The van der Waals surface area contributed by atoms with Crippen molar-refractivity contribution in [3.05, 3.63) is 95.2 Å². The maximum absolute atomic E-state index is 12.7. The Labute approximate surface area is 180 Å². The molecule has 6 nitrogen and oxygen atoms in total. The lowest BCUT2D eigenvalue weighted by molar-refractivity contribution is -0.115. The molecule has 0 radical (unpaired) electrons. The summed E-state index contributed by atoms with van der Waals surface area (Å²) in [4.78, 5) is 25.2. The zero-order chi connectivity index (χ0) is 21.8. The summed E-state index contributed by atoms with van der Waals surface area (Å²) in [5.74, 6) is 0.620. The molecular formula is C25H22N2O4. The molecule has 1 unspecified atom stereocenters. The van der Waals surface area contributed by atoms with Crippen LogP contribution in [0, 0.1) is 0 Å². The van der Waals surface area contributed by atoms with Gasteiger partial charge in [0, 0.05) is 11.1 Å². The average molecular weight is 414 g/mol. The van der Waals surface area contributed by atoms with Crippen molar-refractivity contribution in [2.45, 2.75) is 13.0 Å². The van der Waals surface area contributed by atoms with Crippen molar-refractivity contribution in [2.24, 2.45) is 0 Å². The summed E-state index contributed by atoms with van der Waals surface area (Å²) in [7, 11) is 1.57. The van der Waals surface area contributed by atoms with E-state index >= 15 is 0 Å². The van der Waals surface area contributed by atoms with Crippen molar-refractivity contribution in [3.8, 4) is 11.5 Å². The first-order valence-corrected chi connectivity index (χ1v) is 9.89. The summed E-state index contributed by atoms with van der Waals surface area (Å²) in [6.07, 6.45) is 1.62. The lowest BCUT2D eigenvalue weighted by Gasteiger charge is -2.21. The molecule has 6 heteroatoms. The quantitative estimate of drug-likeness (QED) is 0.600. The van der Waals surface area contributed by atoms with Gasteiger partial charge in [-0.3, -0.25) is 9.59 Å². The molecule has 3 aromatic carbocycles. The van der Waals surface area contributed by atoms with Gasteiger partial charge in [0.1, 0.15) is 5.75 Å². The van der Waals surface area contributed by atoms with E-state index in [1.54, 1.807) is 31.4 Å². The number of amides is 2. The summed E-state index contributed by atoms with van der Waals surface area (Å²) in [5, 5.41) is 5.76. The van der Waals surface area contributed by atoms with E-state index in [4.69, 9.17) is 9.47 Å². The standard InChI is InChI=1S/C25H22N2O4/c1-16(17-8-4-3-5-9-17)26-24(28)19-12-13-22-20(14-19)27-25(29)23(31-22)15-18-10-6-7-11-21(18)30-2/h3-16H,1-2H3,(H,26,28)(H,27,29). The van der Waals surface area contributed by atoms with Gasteiger partial charge in [-0.05, 0) is 42.8 Å². The second kappa shape index (κ2) is 8.75. The van der Waals surface area contributed by atoms with Crippen LogP contribution in [0.15, 0.2) is 78.6 Å². The number of carbonyl (C=O) groups excluding carboxylic acids is 2. The molecule has 1 heterocycles. The minimum Gasteiger partial charge on any atom is -0.496 e. The van der Waals surface area contributed by atoms with E-state index in [1.165, 1.54) is 0 Å². The number of hydrogen-bond acceptors (Lipinski definition) is 4. The third-order valence-electron chi connectivity index (χ3n) is 5.01. The van der Waals surface area contributed by atoms with Crippen molar-refractivity contribution in [3.63, 3.8) is 0 Å². The number of carbonyl (C=O) groups is 2. The Kier molecular flexibility index (Phi) is 5.71. The van der Waals surface area contributed by atoms with Crippen LogP contribution in [0.2, 0.25) is 0 Å². The molecule has 0 spiro atoms. The molecule has 0 saturated heterocycles. The van der Waals surface area contributed by atoms with Gasteiger partial charge in [0.15, 0.2) is 11.5 Å². The first kappa shape index (κ1) is 20.2. The van der Waals surface area contributed by atoms with Crippen molar-refractivity contribution in [1.29, 1.82) is 0 Å². The van der Waals surface area contributed by atoms with Gasteiger partial charge in [0.05, 0.1) is 18.8 Å². The number of anilines is 1. The maximum Gasteiger partial charge on any atom is 0.291 e. The van der Waals surface area contributed by atoms with E-state index < -0.39 is 5.91 Å². The minimum absolute atomic E-state index is 0.145. The molecule has 0 aliphatic carbocycles. The van der Waals surface area contributed by atoms with Crippen molar-refractivity contribution in [2.75, 3.05) is 12.4 Å². The second-order valence-electron chi connectivity index (χ2n) is 7.12. The maximum atomic E-state index is 12.7. The Bertz CT molecular complexity index is 1160. The molecule has 3 aromatic rings. The monoisotopic (exact) mass is 414 g/mol. The van der Waals surface area contributed by atoms with Gasteiger partial charge < -0.3 is 20.1 Å². The van der Waals surface area contributed by atoms with Crippen LogP contribution in [0.3, 0.4) is 0 Å². The van der Waals surface area contributed by atoms with Gasteiger partial charge in [-0.2, -0.15) is 0 Å². The fourth-order valence-electron chi connectivity index (χ4n) is 3.33. The van der Waals surface area contributed by atoms with E-state index in [-0.39, 0.29) is 17.7 Å². The Hall–Kier alpha value is -4.06. The van der Waals surface area contributed by atoms with Crippen LogP contribution in [-0.2, 0) is 4.79 Å².